The molecular formula is C13H16N4O3S2. The number of rotatable bonds is 6. The minimum atomic E-state index is -3.28. The summed E-state index contributed by atoms with van der Waals surface area (Å²) in [6.07, 6.45) is 2.79. The number of amides is 1. The van der Waals surface area contributed by atoms with Gasteiger partial charge in [0.05, 0.1) is 22.5 Å². The Balaban J connectivity index is 1.98. The topological polar surface area (TPSA) is 101 Å². The van der Waals surface area contributed by atoms with Crippen molar-refractivity contribution in [2.45, 2.75) is 13.3 Å². The van der Waals surface area contributed by atoms with Gasteiger partial charge < -0.3 is 5.32 Å². The Morgan fingerprint density at radius 3 is 2.77 bits per heavy atom. The third-order valence-corrected chi connectivity index (χ3v) is 4.48. The van der Waals surface area contributed by atoms with Crippen molar-refractivity contribution in [3.05, 3.63) is 30.1 Å². The minimum absolute atomic E-state index is 0.0462. The van der Waals surface area contributed by atoms with Gasteiger partial charge in [-0.15, -0.1) is 0 Å². The molecule has 2 rings (SSSR count). The number of nitrogens with one attached hydrogen (secondary N) is 2. The molecule has 0 aliphatic heterocycles. The van der Waals surface area contributed by atoms with E-state index in [9.17, 15) is 13.2 Å². The highest BCUT2D eigenvalue weighted by molar-refractivity contribution is 7.88. The van der Waals surface area contributed by atoms with E-state index in [2.05, 4.69) is 20.0 Å². The van der Waals surface area contributed by atoms with Gasteiger partial charge in [-0.2, -0.15) is 0 Å². The standard InChI is InChI=1S/C13H16N4O3S2/c1-9-12(10-5-3-4-7-14-10)21-13(16-9)17-11(18)6-8-15-22(2,19)20/h3-5,7,15H,6,8H2,1-2H3,(H,16,17,18). The van der Waals surface area contributed by atoms with Crippen LogP contribution in [0.1, 0.15) is 12.1 Å². The first-order valence-corrected chi connectivity index (χ1v) is 9.19. The summed E-state index contributed by atoms with van der Waals surface area (Å²) in [6, 6.07) is 5.59. The van der Waals surface area contributed by atoms with Crippen molar-refractivity contribution < 1.29 is 13.2 Å². The smallest absolute Gasteiger partial charge is 0.227 e. The minimum Gasteiger partial charge on any atom is -0.302 e. The van der Waals surface area contributed by atoms with Crippen molar-refractivity contribution in [3.8, 4) is 10.6 Å². The lowest BCUT2D eigenvalue weighted by Gasteiger charge is -2.02. The van der Waals surface area contributed by atoms with E-state index in [0.29, 0.717) is 5.13 Å². The Kier molecular flexibility index (Phi) is 5.22. The van der Waals surface area contributed by atoms with Crippen molar-refractivity contribution in [2.24, 2.45) is 0 Å². The summed E-state index contributed by atoms with van der Waals surface area (Å²) in [5.41, 5.74) is 1.59. The average molecular weight is 340 g/mol. The number of sulfonamides is 1. The van der Waals surface area contributed by atoms with Crippen LogP contribution in [-0.2, 0) is 14.8 Å². The van der Waals surface area contributed by atoms with E-state index >= 15 is 0 Å². The Bertz CT molecular complexity index is 757. The molecule has 7 nitrogen and oxygen atoms in total. The summed E-state index contributed by atoms with van der Waals surface area (Å²) < 4.78 is 24.1. The van der Waals surface area contributed by atoms with Gasteiger partial charge in [0.1, 0.15) is 0 Å². The zero-order chi connectivity index (χ0) is 16.2. The number of pyridine rings is 1. The van der Waals surface area contributed by atoms with Gasteiger partial charge in [0.2, 0.25) is 15.9 Å². The molecule has 0 atom stereocenters. The third-order valence-electron chi connectivity index (χ3n) is 2.66. The van der Waals surface area contributed by atoms with Crippen LogP contribution in [0.25, 0.3) is 10.6 Å². The van der Waals surface area contributed by atoms with Gasteiger partial charge in [0.15, 0.2) is 5.13 Å². The van der Waals surface area contributed by atoms with Gasteiger partial charge in [-0.1, -0.05) is 17.4 Å². The van der Waals surface area contributed by atoms with Gasteiger partial charge in [0.25, 0.3) is 0 Å². The molecule has 0 saturated heterocycles. The Morgan fingerprint density at radius 1 is 1.36 bits per heavy atom. The van der Waals surface area contributed by atoms with Crippen molar-refractivity contribution in [3.63, 3.8) is 0 Å². The fourth-order valence-electron chi connectivity index (χ4n) is 1.72. The van der Waals surface area contributed by atoms with E-state index in [1.165, 1.54) is 11.3 Å². The maximum atomic E-state index is 11.8. The Morgan fingerprint density at radius 2 is 2.14 bits per heavy atom. The molecule has 2 N–H and O–H groups in total. The summed E-state index contributed by atoms with van der Waals surface area (Å²) in [4.78, 5) is 21.2. The van der Waals surface area contributed by atoms with Crippen LogP contribution >= 0.6 is 11.3 Å². The number of aromatic nitrogens is 2. The molecule has 0 fully saturated rings. The highest BCUT2D eigenvalue weighted by Crippen LogP contribution is 2.31. The van der Waals surface area contributed by atoms with E-state index in [1.807, 2.05) is 25.1 Å². The van der Waals surface area contributed by atoms with Crippen molar-refractivity contribution >= 4 is 32.4 Å². The molecule has 0 unspecified atom stereocenters. The third kappa shape index (κ3) is 4.86. The number of nitrogens with zero attached hydrogens (tertiary/aromatic N) is 2. The quantitative estimate of drug-likeness (QED) is 0.827. The summed E-state index contributed by atoms with van der Waals surface area (Å²) in [6.45, 7) is 1.91. The van der Waals surface area contributed by atoms with E-state index in [-0.39, 0.29) is 18.9 Å². The molecule has 22 heavy (non-hydrogen) atoms. The molecule has 0 aromatic carbocycles. The van der Waals surface area contributed by atoms with Crippen LogP contribution in [0.15, 0.2) is 24.4 Å². The van der Waals surface area contributed by atoms with Crippen molar-refractivity contribution in [2.75, 3.05) is 18.1 Å². The molecule has 0 spiro atoms. The van der Waals surface area contributed by atoms with Gasteiger partial charge >= 0.3 is 0 Å². The van der Waals surface area contributed by atoms with Gasteiger partial charge in [-0.3, -0.25) is 9.78 Å². The molecular weight excluding hydrogens is 324 g/mol. The van der Waals surface area contributed by atoms with Crippen LogP contribution in [0.3, 0.4) is 0 Å². The van der Waals surface area contributed by atoms with Crippen LogP contribution in [0.5, 0.6) is 0 Å². The van der Waals surface area contributed by atoms with Crippen LogP contribution in [0.2, 0.25) is 0 Å². The fourth-order valence-corrected chi connectivity index (χ4v) is 3.15. The summed E-state index contributed by atoms with van der Waals surface area (Å²) in [5.74, 6) is -0.294. The van der Waals surface area contributed by atoms with Gasteiger partial charge in [0, 0.05) is 19.2 Å². The van der Waals surface area contributed by atoms with E-state index < -0.39 is 10.0 Å². The van der Waals surface area contributed by atoms with Crippen molar-refractivity contribution in [1.29, 1.82) is 0 Å². The first-order chi connectivity index (χ1) is 10.3. The molecule has 0 radical (unpaired) electrons. The van der Waals surface area contributed by atoms with Crippen LogP contribution in [0.4, 0.5) is 5.13 Å². The maximum absolute atomic E-state index is 11.8. The molecule has 0 bridgehead atoms. The average Bonchev–Trinajstić information content (AvgIpc) is 2.79. The number of thiazole rings is 1. The summed E-state index contributed by atoms with van der Waals surface area (Å²) in [5, 5.41) is 3.14. The second-order valence-electron chi connectivity index (χ2n) is 4.61. The summed E-state index contributed by atoms with van der Waals surface area (Å²) in [7, 11) is -3.28. The molecule has 9 heteroatoms. The molecule has 0 saturated carbocycles. The summed E-state index contributed by atoms with van der Waals surface area (Å²) >= 11 is 1.34. The van der Waals surface area contributed by atoms with Gasteiger partial charge in [-0.05, 0) is 19.1 Å². The van der Waals surface area contributed by atoms with E-state index in [0.717, 1.165) is 22.5 Å². The van der Waals surface area contributed by atoms with E-state index in [1.54, 1.807) is 6.20 Å². The first-order valence-electron chi connectivity index (χ1n) is 6.48. The predicted octanol–water partition coefficient (Wildman–Crippen LogP) is 1.39. The fraction of sp³-hybridized carbons (Fsp3) is 0.308. The van der Waals surface area contributed by atoms with Crippen LogP contribution in [-0.4, -0.2) is 37.1 Å². The van der Waals surface area contributed by atoms with E-state index in [4.69, 9.17) is 0 Å². The van der Waals surface area contributed by atoms with Crippen LogP contribution < -0.4 is 10.0 Å². The molecule has 2 aromatic heterocycles. The zero-order valence-electron chi connectivity index (χ0n) is 12.2. The number of hydrogen-bond acceptors (Lipinski definition) is 6. The maximum Gasteiger partial charge on any atom is 0.227 e. The molecule has 1 amide bonds. The normalized spacial score (nSPS) is 11.4. The number of hydrogen-bond donors (Lipinski definition) is 2. The number of anilines is 1. The lowest BCUT2D eigenvalue weighted by atomic mass is 10.3. The molecule has 0 aliphatic rings. The molecule has 2 aromatic rings. The molecule has 118 valence electrons. The molecule has 0 aliphatic carbocycles. The van der Waals surface area contributed by atoms with Crippen LogP contribution in [0, 0.1) is 6.92 Å². The highest BCUT2D eigenvalue weighted by atomic mass is 32.2. The lowest BCUT2D eigenvalue weighted by Crippen LogP contribution is -2.26. The Labute approximate surface area is 132 Å². The monoisotopic (exact) mass is 340 g/mol. The number of aryl methyl sites for hydroxylation is 1. The first kappa shape index (κ1) is 16.5. The molecule has 2 heterocycles. The highest BCUT2D eigenvalue weighted by Gasteiger charge is 2.13. The zero-order valence-corrected chi connectivity index (χ0v) is 13.8. The lowest BCUT2D eigenvalue weighted by molar-refractivity contribution is -0.116. The predicted molar refractivity (Wildman–Crippen MR) is 86.2 cm³/mol. The largest absolute Gasteiger partial charge is 0.302 e. The second kappa shape index (κ2) is 6.95. The van der Waals surface area contributed by atoms with Gasteiger partial charge in [-0.25, -0.2) is 18.1 Å². The Hall–Kier alpha value is -1.84. The number of carbonyl (C=O) groups excluding carboxylic acids is 1. The second-order valence-corrected chi connectivity index (χ2v) is 7.45. The SMILES string of the molecule is Cc1nc(NC(=O)CCNS(C)(=O)=O)sc1-c1ccccn1. The van der Waals surface area contributed by atoms with Crippen molar-refractivity contribution in [1.82, 2.24) is 14.7 Å². The number of carbonyl (C=O) groups is 1.